The molecular weight excluding hydrogens is 366 g/mol. The zero-order valence-corrected chi connectivity index (χ0v) is 17.2. The third kappa shape index (κ3) is 3.95. The van der Waals surface area contributed by atoms with Crippen molar-refractivity contribution in [2.45, 2.75) is 64.3 Å². The Labute approximate surface area is 170 Å². The lowest BCUT2D eigenvalue weighted by molar-refractivity contribution is 0.102. The standard InChI is InChI=1S/C22H29N5O2/c1-22(2,3)18-20(24-14-7-5-4-6-8-14)27-19(26-18)17(13-23-27)21(29)25-15-9-11-16(28)12-10-15/h9-14,24,26,28H,4-8H2,1-3H3,(H,25,29). The second-order valence-electron chi connectivity index (χ2n) is 8.90. The summed E-state index contributed by atoms with van der Waals surface area (Å²) in [5, 5.41) is 20.5. The van der Waals surface area contributed by atoms with E-state index in [1.165, 1.54) is 19.3 Å². The fourth-order valence-electron chi connectivity index (χ4n) is 3.95. The van der Waals surface area contributed by atoms with E-state index in [4.69, 9.17) is 0 Å². The van der Waals surface area contributed by atoms with Gasteiger partial charge in [-0.25, -0.2) is 0 Å². The van der Waals surface area contributed by atoms with Crippen LogP contribution in [-0.4, -0.2) is 31.7 Å². The number of nitrogens with zero attached hydrogens (tertiary/aromatic N) is 2. The SMILES string of the molecule is CC(C)(C)c1[nH]c2c(C(=O)Nc3ccc(O)cc3)cnn2c1NC1CCCCC1. The van der Waals surface area contributed by atoms with Gasteiger partial charge in [0.15, 0.2) is 0 Å². The summed E-state index contributed by atoms with van der Waals surface area (Å²) in [4.78, 5) is 16.3. The van der Waals surface area contributed by atoms with Gasteiger partial charge in [-0.2, -0.15) is 9.61 Å². The molecule has 0 atom stereocenters. The number of aromatic nitrogens is 3. The number of carbonyl (C=O) groups is 1. The van der Waals surface area contributed by atoms with Gasteiger partial charge in [-0.15, -0.1) is 0 Å². The van der Waals surface area contributed by atoms with Crippen molar-refractivity contribution >= 4 is 23.1 Å². The molecule has 1 aliphatic carbocycles. The second kappa shape index (κ2) is 7.46. The van der Waals surface area contributed by atoms with Gasteiger partial charge in [0.1, 0.15) is 22.8 Å². The Kier molecular flexibility index (Phi) is 4.98. The molecule has 0 radical (unpaired) electrons. The van der Waals surface area contributed by atoms with Crippen LogP contribution >= 0.6 is 0 Å². The summed E-state index contributed by atoms with van der Waals surface area (Å²) >= 11 is 0. The number of carbonyl (C=O) groups excluding carboxylic acids is 1. The summed E-state index contributed by atoms with van der Waals surface area (Å²) in [7, 11) is 0. The van der Waals surface area contributed by atoms with Gasteiger partial charge in [-0.05, 0) is 37.1 Å². The number of fused-ring (bicyclic) bond motifs is 1. The summed E-state index contributed by atoms with van der Waals surface area (Å²) in [6.07, 6.45) is 7.71. The zero-order chi connectivity index (χ0) is 20.6. The predicted octanol–water partition coefficient (Wildman–Crippen LogP) is 4.66. The minimum absolute atomic E-state index is 0.123. The first kappa shape index (κ1) is 19.4. The van der Waals surface area contributed by atoms with Crippen LogP contribution in [-0.2, 0) is 5.41 Å². The number of H-pyrrole nitrogens is 1. The molecule has 0 unspecified atom stereocenters. The first-order valence-electron chi connectivity index (χ1n) is 10.3. The maximum atomic E-state index is 12.9. The van der Waals surface area contributed by atoms with Gasteiger partial charge in [0.05, 0.1) is 11.9 Å². The van der Waals surface area contributed by atoms with Crippen LogP contribution in [0.25, 0.3) is 5.65 Å². The van der Waals surface area contributed by atoms with Crippen LogP contribution in [0.2, 0.25) is 0 Å². The number of benzene rings is 1. The fraction of sp³-hybridized carbons (Fsp3) is 0.455. The summed E-state index contributed by atoms with van der Waals surface area (Å²) in [5.74, 6) is 0.869. The Morgan fingerprint density at radius 2 is 1.86 bits per heavy atom. The molecule has 154 valence electrons. The molecule has 0 bridgehead atoms. The lowest BCUT2D eigenvalue weighted by atomic mass is 9.91. The largest absolute Gasteiger partial charge is 0.508 e. The minimum atomic E-state index is -0.239. The van der Waals surface area contributed by atoms with Gasteiger partial charge in [0.25, 0.3) is 5.91 Å². The van der Waals surface area contributed by atoms with Crippen LogP contribution in [0, 0.1) is 0 Å². The number of aromatic amines is 1. The van der Waals surface area contributed by atoms with Crippen molar-refractivity contribution in [3.8, 4) is 5.75 Å². The van der Waals surface area contributed by atoms with Crippen LogP contribution in [0.15, 0.2) is 30.5 Å². The Balaban J connectivity index is 1.67. The smallest absolute Gasteiger partial charge is 0.261 e. The van der Waals surface area contributed by atoms with Crippen molar-refractivity contribution in [3.05, 3.63) is 41.7 Å². The number of hydrogen-bond donors (Lipinski definition) is 4. The van der Waals surface area contributed by atoms with E-state index in [1.54, 1.807) is 30.5 Å². The highest BCUT2D eigenvalue weighted by Crippen LogP contribution is 2.33. The maximum absolute atomic E-state index is 12.9. The number of imidazole rings is 1. The normalized spacial score (nSPS) is 15.6. The number of nitrogens with one attached hydrogen (secondary N) is 3. The molecule has 4 N–H and O–H groups in total. The molecule has 1 aliphatic rings. The molecule has 3 aromatic rings. The number of phenolic OH excluding ortho intramolecular Hbond substituents is 1. The number of rotatable bonds is 4. The van der Waals surface area contributed by atoms with Crippen LogP contribution in [0.1, 0.15) is 68.9 Å². The molecule has 7 heteroatoms. The molecule has 0 spiro atoms. The summed E-state index contributed by atoms with van der Waals surface area (Å²) < 4.78 is 1.82. The van der Waals surface area contributed by atoms with Crippen molar-refractivity contribution in [1.82, 2.24) is 14.6 Å². The summed E-state index contributed by atoms with van der Waals surface area (Å²) in [5.41, 5.74) is 2.72. The quantitative estimate of drug-likeness (QED) is 0.483. The van der Waals surface area contributed by atoms with Crippen LogP contribution in [0.5, 0.6) is 5.75 Å². The predicted molar refractivity (Wildman–Crippen MR) is 115 cm³/mol. The third-order valence-electron chi connectivity index (χ3n) is 5.53. The molecular formula is C22H29N5O2. The van der Waals surface area contributed by atoms with Crippen LogP contribution in [0.3, 0.4) is 0 Å². The van der Waals surface area contributed by atoms with Crippen molar-refractivity contribution in [2.24, 2.45) is 0 Å². The Morgan fingerprint density at radius 1 is 1.17 bits per heavy atom. The molecule has 29 heavy (non-hydrogen) atoms. The van der Waals surface area contributed by atoms with Crippen LogP contribution in [0.4, 0.5) is 11.5 Å². The topological polar surface area (TPSA) is 94.5 Å². The lowest BCUT2D eigenvalue weighted by Gasteiger charge is -2.26. The maximum Gasteiger partial charge on any atom is 0.261 e. The van der Waals surface area contributed by atoms with Crippen LogP contribution < -0.4 is 10.6 Å². The first-order chi connectivity index (χ1) is 13.8. The van der Waals surface area contributed by atoms with E-state index >= 15 is 0 Å². The zero-order valence-electron chi connectivity index (χ0n) is 17.2. The van der Waals surface area contributed by atoms with E-state index in [2.05, 4.69) is 41.5 Å². The van der Waals surface area contributed by atoms with E-state index < -0.39 is 0 Å². The number of amides is 1. The molecule has 1 fully saturated rings. The summed E-state index contributed by atoms with van der Waals surface area (Å²) in [6.45, 7) is 6.46. The molecule has 1 aromatic carbocycles. The number of phenols is 1. The Morgan fingerprint density at radius 3 is 2.52 bits per heavy atom. The summed E-state index contributed by atoms with van der Waals surface area (Å²) in [6, 6.07) is 6.85. The number of anilines is 2. The highest BCUT2D eigenvalue weighted by atomic mass is 16.3. The molecule has 4 rings (SSSR count). The average Bonchev–Trinajstić information content (AvgIpc) is 3.24. The molecule has 0 saturated heterocycles. The van der Waals surface area contributed by atoms with Gasteiger partial charge < -0.3 is 20.7 Å². The molecule has 1 amide bonds. The van der Waals surface area contributed by atoms with E-state index in [0.29, 0.717) is 22.9 Å². The van der Waals surface area contributed by atoms with Crippen molar-refractivity contribution in [3.63, 3.8) is 0 Å². The number of aromatic hydroxyl groups is 1. The van der Waals surface area contributed by atoms with E-state index in [-0.39, 0.29) is 17.1 Å². The third-order valence-corrected chi connectivity index (χ3v) is 5.53. The van der Waals surface area contributed by atoms with E-state index in [1.807, 2.05) is 4.52 Å². The molecule has 1 saturated carbocycles. The first-order valence-corrected chi connectivity index (χ1v) is 10.3. The monoisotopic (exact) mass is 395 g/mol. The van der Waals surface area contributed by atoms with E-state index in [9.17, 15) is 9.90 Å². The molecule has 2 heterocycles. The minimum Gasteiger partial charge on any atom is -0.508 e. The molecule has 0 aliphatic heterocycles. The van der Waals surface area contributed by atoms with E-state index in [0.717, 1.165) is 24.4 Å². The van der Waals surface area contributed by atoms with Gasteiger partial charge in [0.2, 0.25) is 0 Å². The number of hydrogen-bond acceptors (Lipinski definition) is 4. The van der Waals surface area contributed by atoms with Gasteiger partial charge in [-0.3, -0.25) is 4.79 Å². The van der Waals surface area contributed by atoms with Crippen molar-refractivity contribution in [1.29, 1.82) is 0 Å². The van der Waals surface area contributed by atoms with Crippen molar-refractivity contribution in [2.75, 3.05) is 10.6 Å². The molecule has 2 aromatic heterocycles. The van der Waals surface area contributed by atoms with Gasteiger partial charge in [-0.1, -0.05) is 40.0 Å². The highest BCUT2D eigenvalue weighted by molar-refractivity contribution is 6.08. The van der Waals surface area contributed by atoms with Crippen molar-refractivity contribution < 1.29 is 9.90 Å². The Bertz CT molecular complexity index is 1000. The van der Waals surface area contributed by atoms with Gasteiger partial charge in [0, 0.05) is 17.1 Å². The average molecular weight is 396 g/mol. The lowest BCUT2D eigenvalue weighted by Crippen LogP contribution is -2.25. The fourth-order valence-corrected chi connectivity index (χ4v) is 3.95. The highest BCUT2D eigenvalue weighted by Gasteiger charge is 2.28. The van der Waals surface area contributed by atoms with Gasteiger partial charge >= 0.3 is 0 Å². The second-order valence-corrected chi connectivity index (χ2v) is 8.90. The Hall–Kier alpha value is -2.96. The molecule has 7 nitrogen and oxygen atoms in total.